The topological polar surface area (TPSA) is 25.4 Å². The highest BCUT2D eigenvalue weighted by atomic mass is 32.2. The van der Waals surface area contributed by atoms with Gasteiger partial charge in [0, 0.05) is 28.6 Å². The molecule has 0 spiro atoms. The van der Waals surface area contributed by atoms with Crippen molar-refractivity contribution >= 4 is 17.4 Å². The number of halogens is 2. The third-order valence-electron chi connectivity index (χ3n) is 5.22. The largest absolute Gasteiger partial charge is 0.493 e. The minimum Gasteiger partial charge on any atom is -0.493 e. The van der Waals surface area contributed by atoms with Gasteiger partial charge in [-0.1, -0.05) is 48.2 Å². The van der Waals surface area contributed by atoms with Gasteiger partial charge in [0.15, 0.2) is 0 Å². The number of fused-ring (bicyclic) bond motifs is 2. The summed E-state index contributed by atoms with van der Waals surface area (Å²) in [6.07, 6.45) is -0.102. The fourth-order valence-electron chi connectivity index (χ4n) is 3.94. The van der Waals surface area contributed by atoms with E-state index in [4.69, 9.17) is 4.74 Å². The number of pyridine rings is 1. The minimum atomic E-state index is -2.55. The Morgan fingerprint density at radius 1 is 1.04 bits per heavy atom. The van der Waals surface area contributed by atoms with Gasteiger partial charge in [0.1, 0.15) is 16.8 Å². The van der Waals surface area contributed by atoms with Crippen molar-refractivity contribution in [3.63, 3.8) is 0 Å². The average molecular weight is 396 g/mol. The molecule has 2 aliphatic rings. The van der Waals surface area contributed by atoms with E-state index in [1.807, 2.05) is 30.3 Å². The van der Waals surface area contributed by atoms with Crippen LogP contribution in [0.3, 0.4) is 0 Å². The summed E-state index contributed by atoms with van der Waals surface area (Å²) in [4.78, 5) is 7.57. The number of ether oxygens (including phenoxy) is 1. The van der Waals surface area contributed by atoms with E-state index in [1.165, 1.54) is 11.0 Å². The summed E-state index contributed by atoms with van der Waals surface area (Å²) in [5, 5.41) is -0.0206. The molecule has 28 heavy (non-hydrogen) atoms. The molecule has 0 aliphatic carbocycles. The number of hydrogen-bond donors (Lipinski definition) is 0. The van der Waals surface area contributed by atoms with Crippen LogP contribution in [0.1, 0.15) is 41.1 Å². The molecule has 2 atom stereocenters. The number of thioether (sulfide) groups is 1. The summed E-state index contributed by atoms with van der Waals surface area (Å²) >= 11 is 1.74. The number of aromatic nitrogens is 1. The Kier molecular flexibility index (Phi) is 4.43. The maximum atomic E-state index is 12.9. The molecule has 0 N–H and O–H groups in total. The molecule has 1 unspecified atom stereocenters. The second kappa shape index (κ2) is 7.09. The first-order valence-corrected chi connectivity index (χ1v) is 10.1. The van der Waals surface area contributed by atoms with E-state index in [9.17, 15) is 8.78 Å². The number of rotatable bonds is 3. The van der Waals surface area contributed by atoms with Crippen LogP contribution in [-0.4, -0.2) is 11.6 Å². The molecule has 0 saturated heterocycles. The fraction of sp³-hybridized carbons (Fsp3) is 0.227. The molecule has 0 fully saturated rings. The highest BCUT2D eigenvalue weighted by Gasteiger charge is 2.38. The van der Waals surface area contributed by atoms with Crippen LogP contribution < -0.4 is 9.64 Å². The quantitative estimate of drug-likeness (QED) is 0.530. The molecule has 3 nitrogen and oxygen atoms in total. The summed E-state index contributed by atoms with van der Waals surface area (Å²) in [6.45, 7) is 0.653. The number of para-hydroxylation sites is 2. The first kappa shape index (κ1) is 17.5. The summed E-state index contributed by atoms with van der Waals surface area (Å²) in [5.74, 6) is 0.915. The zero-order valence-corrected chi connectivity index (χ0v) is 15.8. The van der Waals surface area contributed by atoms with Crippen molar-refractivity contribution < 1.29 is 13.5 Å². The third kappa shape index (κ3) is 2.92. The highest BCUT2D eigenvalue weighted by molar-refractivity contribution is 8.00. The van der Waals surface area contributed by atoms with Crippen molar-refractivity contribution in [3.8, 4) is 5.75 Å². The SMILES string of the molecule is FC(F)c1ccc([C@@H]2Sc3ccccc3N2C2CCOc3ccccc32)cn1. The van der Waals surface area contributed by atoms with Crippen LogP contribution in [0.25, 0.3) is 0 Å². The first-order chi connectivity index (χ1) is 13.7. The van der Waals surface area contributed by atoms with Crippen LogP contribution in [0.4, 0.5) is 14.5 Å². The lowest BCUT2D eigenvalue weighted by Gasteiger charge is -2.38. The van der Waals surface area contributed by atoms with Crippen molar-refractivity contribution in [2.75, 3.05) is 11.5 Å². The van der Waals surface area contributed by atoms with Gasteiger partial charge in [-0.3, -0.25) is 4.98 Å². The standard InChI is InChI=1S/C22H18F2N2OS/c23-21(24)16-10-9-14(13-25-16)22-26(18-6-2-4-8-20(18)28-22)17-11-12-27-19-7-3-1-5-15(17)19/h1-10,13,17,21-22H,11-12H2/t17?,22-/m0/s1. The van der Waals surface area contributed by atoms with Crippen LogP contribution in [0.2, 0.25) is 0 Å². The number of benzene rings is 2. The highest BCUT2D eigenvalue weighted by Crippen LogP contribution is 2.56. The van der Waals surface area contributed by atoms with Gasteiger partial charge in [0.05, 0.1) is 18.3 Å². The summed E-state index contributed by atoms with van der Waals surface area (Å²) in [7, 11) is 0. The van der Waals surface area contributed by atoms with E-state index >= 15 is 0 Å². The number of alkyl halides is 2. The van der Waals surface area contributed by atoms with E-state index < -0.39 is 6.43 Å². The Morgan fingerprint density at radius 2 is 1.86 bits per heavy atom. The van der Waals surface area contributed by atoms with Gasteiger partial charge in [-0.05, 0) is 24.3 Å². The lowest BCUT2D eigenvalue weighted by Crippen LogP contribution is -2.32. The van der Waals surface area contributed by atoms with E-state index in [1.54, 1.807) is 24.0 Å². The maximum absolute atomic E-state index is 12.9. The molecule has 3 aromatic rings. The van der Waals surface area contributed by atoms with E-state index in [0.717, 1.165) is 29.0 Å². The summed E-state index contributed by atoms with van der Waals surface area (Å²) in [5.41, 5.74) is 3.06. The van der Waals surface area contributed by atoms with Crippen molar-refractivity contribution in [3.05, 3.63) is 83.7 Å². The summed E-state index contributed by atoms with van der Waals surface area (Å²) < 4.78 is 31.7. The fourth-order valence-corrected chi connectivity index (χ4v) is 5.28. The van der Waals surface area contributed by atoms with Crippen LogP contribution in [0.15, 0.2) is 71.8 Å². The Bertz CT molecular complexity index is 996. The lowest BCUT2D eigenvalue weighted by atomic mass is 9.97. The Balaban J connectivity index is 1.58. The molecule has 5 rings (SSSR count). The molecule has 0 radical (unpaired) electrons. The molecule has 3 heterocycles. The van der Waals surface area contributed by atoms with Crippen LogP contribution in [-0.2, 0) is 0 Å². The molecule has 2 aliphatic heterocycles. The maximum Gasteiger partial charge on any atom is 0.280 e. The van der Waals surface area contributed by atoms with Crippen LogP contribution in [0, 0.1) is 0 Å². The Morgan fingerprint density at radius 3 is 2.68 bits per heavy atom. The van der Waals surface area contributed by atoms with Gasteiger partial charge >= 0.3 is 0 Å². The van der Waals surface area contributed by atoms with Gasteiger partial charge in [-0.2, -0.15) is 0 Å². The van der Waals surface area contributed by atoms with Gasteiger partial charge in [0.25, 0.3) is 6.43 Å². The van der Waals surface area contributed by atoms with Gasteiger partial charge in [0.2, 0.25) is 0 Å². The monoisotopic (exact) mass is 396 g/mol. The molecule has 0 saturated carbocycles. The summed E-state index contributed by atoms with van der Waals surface area (Å²) in [6, 6.07) is 19.8. The van der Waals surface area contributed by atoms with E-state index in [2.05, 4.69) is 28.1 Å². The third-order valence-corrected chi connectivity index (χ3v) is 6.54. The zero-order chi connectivity index (χ0) is 19.1. The van der Waals surface area contributed by atoms with E-state index in [-0.39, 0.29) is 17.1 Å². The predicted molar refractivity (Wildman–Crippen MR) is 106 cm³/mol. The van der Waals surface area contributed by atoms with Gasteiger partial charge < -0.3 is 9.64 Å². The molecular formula is C22H18F2N2OS. The van der Waals surface area contributed by atoms with Gasteiger partial charge in [-0.25, -0.2) is 8.78 Å². The number of nitrogens with zero attached hydrogens (tertiary/aromatic N) is 2. The Labute approximate surface area is 166 Å². The normalized spacial score (nSPS) is 20.6. The van der Waals surface area contributed by atoms with E-state index in [0.29, 0.717) is 6.61 Å². The molecule has 1 aromatic heterocycles. The first-order valence-electron chi connectivity index (χ1n) is 9.22. The second-order valence-corrected chi connectivity index (χ2v) is 7.98. The second-order valence-electron chi connectivity index (χ2n) is 6.85. The van der Waals surface area contributed by atoms with Crippen LogP contribution >= 0.6 is 11.8 Å². The minimum absolute atomic E-state index is 0.0206. The predicted octanol–water partition coefficient (Wildman–Crippen LogP) is 6.15. The Hall–Kier alpha value is -2.60. The van der Waals surface area contributed by atoms with Crippen molar-refractivity contribution in [2.24, 2.45) is 0 Å². The van der Waals surface area contributed by atoms with Gasteiger partial charge in [-0.15, -0.1) is 0 Å². The average Bonchev–Trinajstić information content (AvgIpc) is 3.13. The molecule has 6 heteroatoms. The van der Waals surface area contributed by atoms with Crippen molar-refractivity contribution in [2.45, 2.75) is 29.2 Å². The molecule has 2 aromatic carbocycles. The van der Waals surface area contributed by atoms with Crippen molar-refractivity contribution in [1.29, 1.82) is 0 Å². The molecular weight excluding hydrogens is 378 g/mol. The number of hydrogen-bond acceptors (Lipinski definition) is 4. The number of anilines is 1. The van der Waals surface area contributed by atoms with Crippen molar-refractivity contribution in [1.82, 2.24) is 4.98 Å². The zero-order valence-electron chi connectivity index (χ0n) is 15.0. The lowest BCUT2D eigenvalue weighted by molar-refractivity contribution is 0.146. The smallest absolute Gasteiger partial charge is 0.280 e. The molecule has 0 amide bonds. The molecule has 142 valence electrons. The van der Waals surface area contributed by atoms with Crippen LogP contribution in [0.5, 0.6) is 5.75 Å². The molecule has 0 bridgehead atoms.